The normalized spacial score (nSPS) is 22.5. The van der Waals surface area contributed by atoms with Gasteiger partial charge >= 0.3 is 6.61 Å². The minimum absolute atomic E-state index is 0.102. The summed E-state index contributed by atoms with van der Waals surface area (Å²) in [6, 6.07) is 16.6. The number of nitrogens with zero attached hydrogens (tertiary/aromatic N) is 2. The quantitative estimate of drug-likeness (QED) is 0.748. The van der Waals surface area contributed by atoms with Crippen molar-refractivity contribution in [1.29, 1.82) is 0 Å². The van der Waals surface area contributed by atoms with Crippen LogP contribution in [0.3, 0.4) is 0 Å². The first-order valence-corrected chi connectivity index (χ1v) is 7.49. The van der Waals surface area contributed by atoms with Crippen molar-refractivity contribution in [1.82, 2.24) is 0 Å². The van der Waals surface area contributed by atoms with E-state index in [1.165, 1.54) is 5.56 Å². The third-order valence-corrected chi connectivity index (χ3v) is 4.12. The van der Waals surface area contributed by atoms with E-state index >= 15 is 0 Å². The molecule has 0 N–H and O–H groups in total. The molecular weight excluding hydrogens is 298 g/mol. The van der Waals surface area contributed by atoms with Gasteiger partial charge in [-0.3, -0.25) is 0 Å². The fourth-order valence-electron chi connectivity index (χ4n) is 3.08. The molecule has 2 aromatic carbocycles. The van der Waals surface area contributed by atoms with E-state index in [1.807, 2.05) is 18.2 Å². The second-order valence-corrected chi connectivity index (χ2v) is 6.15. The van der Waals surface area contributed by atoms with Crippen LogP contribution in [0, 0.1) is 0 Å². The minimum atomic E-state index is -2.82. The first-order chi connectivity index (χ1) is 11.0. The van der Waals surface area contributed by atoms with Crippen molar-refractivity contribution in [2.75, 3.05) is 0 Å². The van der Waals surface area contributed by atoms with E-state index in [0.29, 0.717) is 0 Å². The van der Waals surface area contributed by atoms with E-state index in [1.54, 1.807) is 24.3 Å². The number of halogens is 2. The Balaban J connectivity index is 1.90. The molecule has 2 atom stereocenters. The summed E-state index contributed by atoms with van der Waals surface area (Å²) in [5.41, 5.74) is 1.79. The summed E-state index contributed by atoms with van der Waals surface area (Å²) in [5.74, 6) is 0.250. The number of ether oxygens (including phenoxy) is 1. The molecule has 0 saturated carbocycles. The van der Waals surface area contributed by atoms with Gasteiger partial charge in [-0.15, -0.1) is 0 Å². The van der Waals surface area contributed by atoms with Gasteiger partial charge in [-0.05, 0) is 37.1 Å². The van der Waals surface area contributed by atoms with Gasteiger partial charge in [0, 0.05) is 5.92 Å². The molecule has 1 aliphatic rings. The van der Waals surface area contributed by atoms with Crippen LogP contribution in [0.4, 0.5) is 8.78 Å². The van der Waals surface area contributed by atoms with Crippen LogP contribution in [0.1, 0.15) is 36.9 Å². The highest BCUT2D eigenvalue weighted by Gasteiger charge is 2.42. The number of hydrogen-bond donors (Lipinski definition) is 0. The Labute approximate surface area is 134 Å². The molecule has 3 nitrogen and oxygen atoms in total. The Morgan fingerprint density at radius 3 is 2.22 bits per heavy atom. The molecule has 2 aromatic rings. The van der Waals surface area contributed by atoms with E-state index in [0.717, 1.165) is 5.56 Å². The van der Waals surface area contributed by atoms with E-state index in [9.17, 15) is 8.78 Å². The van der Waals surface area contributed by atoms with Gasteiger partial charge in [-0.1, -0.05) is 42.5 Å². The fourth-order valence-corrected chi connectivity index (χ4v) is 3.08. The molecule has 0 saturated heterocycles. The second-order valence-electron chi connectivity index (χ2n) is 6.15. The lowest BCUT2D eigenvalue weighted by atomic mass is 9.77. The molecule has 0 spiro atoms. The van der Waals surface area contributed by atoms with Crippen LogP contribution in [0.25, 0.3) is 0 Å². The highest BCUT2D eigenvalue weighted by molar-refractivity contribution is 5.35. The maximum atomic E-state index is 12.3. The van der Waals surface area contributed by atoms with Crippen LogP contribution in [0.2, 0.25) is 0 Å². The predicted molar refractivity (Wildman–Crippen MR) is 83.9 cm³/mol. The average Bonchev–Trinajstić information content (AvgIpc) is 2.84. The molecule has 0 aliphatic carbocycles. The first-order valence-electron chi connectivity index (χ1n) is 7.49. The average molecular weight is 316 g/mol. The SMILES string of the molecule is CC1(C)N=NC(c2ccc(OC(F)F)cc2)C1c1ccccc1. The van der Waals surface area contributed by atoms with Crippen molar-refractivity contribution in [3.8, 4) is 5.75 Å². The topological polar surface area (TPSA) is 34.0 Å². The fraction of sp³-hybridized carbons (Fsp3) is 0.333. The van der Waals surface area contributed by atoms with Gasteiger partial charge in [-0.2, -0.15) is 19.0 Å². The van der Waals surface area contributed by atoms with Gasteiger partial charge in [0.15, 0.2) is 0 Å². The van der Waals surface area contributed by atoms with Crippen molar-refractivity contribution in [2.45, 2.75) is 38.0 Å². The number of alkyl halides is 2. The lowest BCUT2D eigenvalue weighted by molar-refractivity contribution is -0.0498. The molecule has 0 bridgehead atoms. The molecule has 0 aromatic heterocycles. The second kappa shape index (κ2) is 6.07. The van der Waals surface area contributed by atoms with Gasteiger partial charge in [0.25, 0.3) is 0 Å². The third kappa shape index (κ3) is 3.23. The van der Waals surface area contributed by atoms with Crippen molar-refractivity contribution in [3.63, 3.8) is 0 Å². The van der Waals surface area contributed by atoms with E-state index in [4.69, 9.17) is 0 Å². The summed E-state index contributed by atoms with van der Waals surface area (Å²) in [6.07, 6.45) is 0. The summed E-state index contributed by atoms with van der Waals surface area (Å²) in [7, 11) is 0. The summed E-state index contributed by atoms with van der Waals surface area (Å²) in [5, 5.41) is 8.87. The molecule has 1 heterocycles. The Hall–Kier alpha value is -2.30. The van der Waals surface area contributed by atoms with Crippen LogP contribution in [0.5, 0.6) is 5.75 Å². The monoisotopic (exact) mass is 316 g/mol. The molecule has 1 aliphatic heterocycles. The van der Waals surface area contributed by atoms with Gasteiger partial charge < -0.3 is 4.74 Å². The zero-order chi connectivity index (χ0) is 16.4. The van der Waals surface area contributed by atoms with E-state index in [-0.39, 0.29) is 23.2 Å². The van der Waals surface area contributed by atoms with Gasteiger partial charge in [0.1, 0.15) is 11.8 Å². The molecule has 0 fully saturated rings. The number of hydrogen-bond acceptors (Lipinski definition) is 3. The summed E-state index contributed by atoms with van der Waals surface area (Å²) < 4.78 is 28.9. The molecule has 2 unspecified atom stereocenters. The molecule has 23 heavy (non-hydrogen) atoms. The van der Waals surface area contributed by atoms with Crippen LogP contribution >= 0.6 is 0 Å². The minimum Gasteiger partial charge on any atom is -0.435 e. The highest BCUT2D eigenvalue weighted by atomic mass is 19.3. The Bertz CT molecular complexity index is 684. The Morgan fingerprint density at radius 2 is 1.61 bits per heavy atom. The molecule has 5 heteroatoms. The van der Waals surface area contributed by atoms with Crippen molar-refractivity contribution in [3.05, 3.63) is 65.7 Å². The number of rotatable bonds is 4. The van der Waals surface area contributed by atoms with Gasteiger partial charge in [0.05, 0.1) is 5.54 Å². The van der Waals surface area contributed by atoms with Gasteiger partial charge in [-0.25, -0.2) is 0 Å². The summed E-state index contributed by atoms with van der Waals surface area (Å²) in [4.78, 5) is 0. The molecule has 120 valence electrons. The maximum absolute atomic E-state index is 12.3. The Morgan fingerprint density at radius 1 is 0.957 bits per heavy atom. The predicted octanol–water partition coefficient (Wildman–Crippen LogP) is 5.36. The van der Waals surface area contributed by atoms with Crippen molar-refractivity contribution >= 4 is 0 Å². The number of azo groups is 1. The first kappa shape index (κ1) is 15.6. The summed E-state index contributed by atoms with van der Waals surface area (Å²) in [6.45, 7) is 1.30. The standard InChI is InChI=1S/C18H18F2N2O/c1-18(2)15(12-6-4-3-5-7-12)16(21-22-18)13-8-10-14(11-9-13)23-17(19)20/h3-11,15-17H,1-2H3. The molecule has 0 amide bonds. The van der Waals surface area contributed by atoms with Crippen LogP contribution in [-0.4, -0.2) is 12.2 Å². The van der Waals surface area contributed by atoms with Crippen LogP contribution < -0.4 is 4.74 Å². The largest absolute Gasteiger partial charge is 0.435 e. The van der Waals surface area contributed by atoms with Gasteiger partial charge in [0.2, 0.25) is 0 Å². The maximum Gasteiger partial charge on any atom is 0.387 e. The molecular formula is C18H18F2N2O. The number of benzene rings is 2. The highest BCUT2D eigenvalue weighted by Crippen LogP contribution is 2.48. The lowest BCUT2D eigenvalue weighted by Crippen LogP contribution is -2.26. The lowest BCUT2D eigenvalue weighted by Gasteiger charge is -2.27. The zero-order valence-corrected chi connectivity index (χ0v) is 13.0. The zero-order valence-electron chi connectivity index (χ0n) is 13.0. The van der Waals surface area contributed by atoms with Crippen molar-refractivity contribution < 1.29 is 13.5 Å². The van der Waals surface area contributed by atoms with E-state index < -0.39 is 6.61 Å². The van der Waals surface area contributed by atoms with Crippen LogP contribution in [0.15, 0.2) is 64.8 Å². The smallest absolute Gasteiger partial charge is 0.387 e. The van der Waals surface area contributed by atoms with E-state index in [2.05, 4.69) is 40.9 Å². The van der Waals surface area contributed by atoms with Crippen LogP contribution in [-0.2, 0) is 0 Å². The third-order valence-electron chi connectivity index (χ3n) is 4.12. The van der Waals surface area contributed by atoms with Crippen molar-refractivity contribution in [2.24, 2.45) is 10.2 Å². The molecule has 3 rings (SSSR count). The summed E-state index contributed by atoms with van der Waals surface area (Å²) >= 11 is 0. The molecule has 0 radical (unpaired) electrons. The Kier molecular flexibility index (Phi) is 4.11.